The van der Waals surface area contributed by atoms with Crippen molar-refractivity contribution < 1.29 is 17.6 Å². The van der Waals surface area contributed by atoms with E-state index >= 15 is 0 Å². The van der Waals surface area contributed by atoms with Crippen molar-refractivity contribution in [2.24, 2.45) is 0 Å². The molecular formula is C20H25FN2O3S. The van der Waals surface area contributed by atoms with Crippen molar-refractivity contribution in [2.45, 2.75) is 31.1 Å². The Balaban J connectivity index is 1.95. The number of carbonyl (C=O) groups is 1. The Kier molecular flexibility index (Phi) is 7.50. The number of hydrogen-bond donors (Lipinski definition) is 1. The topological polar surface area (TPSA) is 66.5 Å². The van der Waals surface area contributed by atoms with Crippen LogP contribution in [-0.2, 0) is 16.4 Å². The van der Waals surface area contributed by atoms with E-state index < -0.39 is 10.0 Å². The number of hydrogen-bond acceptors (Lipinski definition) is 3. The fraction of sp³-hybridized carbons (Fsp3) is 0.350. The molecule has 0 aliphatic heterocycles. The fourth-order valence-corrected chi connectivity index (χ4v) is 3.59. The van der Waals surface area contributed by atoms with Gasteiger partial charge in [-0.3, -0.25) is 4.79 Å². The van der Waals surface area contributed by atoms with Crippen molar-refractivity contribution in [3.8, 4) is 0 Å². The molecule has 0 aliphatic carbocycles. The number of nitrogens with zero attached hydrogens (tertiary/aromatic N) is 1. The standard InChI is InChI=1S/C20H25FN2O3S/c1-3-4-15-23(2)20(24)17-7-11-19(12-8-17)27(25,26)22-14-13-16-5-9-18(21)10-6-16/h5-12,22H,3-4,13-15H2,1-2H3. The third-order valence-corrected chi connectivity index (χ3v) is 5.70. The van der Waals surface area contributed by atoms with Crippen LogP contribution in [0.4, 0.5) is 4.39 Å². The predicted molar refractivity (Wildman–Crippen MR) is 104 cm³/mol. The Hall–Kier alpha value is -2.25. The molecule has 27 heavy (non-hydrogen) atoms. The second-order valence-electron chi connectivity index (χ2n) is 6.38. The normalized spacial score (nSPS) is 11.4. The molecule has 0 radical (unpaired) electrons. The van der Waals surface area contributed by atoms with Gasteiger partial charge in [0.1, 0.15) is 5.82 Å². The zero-order chi connectivity index (χ0) is 19.9. The summed E-state index contributed by atoms with van der Waals surface area (Å²) in [5.74, 6) is -0.453. The number of amides is 1. The zero-order valence-corrected chi connectivity index (χ0v) is 16.4. The van der Waals surface area contributed by atoms with Crippen LogP contribution in [0, 0.1) is 5.82 Å². The predicted octanol–water partition coefficient (Wildman–Crippen LogP) is 3.22. The van der Waals surface area contributed by atoms with Crippen LogP contribution in [0.25, 0.3) is 0 Å². The van der Waals surface area contributed by atoms with Gasteiger partial charge in [-0.1, -0.05) is 25.5 Å². The molecule has 1 amide bonds. The minimum absolute atomic E-state index is 0.106. The molecule has 0 heterocycles. The highest BCUT2D eigenvalue weighted by Gasteiger charge is 2.16. The summed E-state index contributed by atoms with van der Waals surface area (Å²) in [6.07, 6.45) is 2.38. The first kappa shape index (κ1) is 21.1. The molecule has 0 unspecified atom stereocenters. The number of sulfonamides is 1. The van der Waals surface area contributed by atoms with Crippen LogP contribution in [0.15, 0.2) is 53.4 Å². The summed E-state index contributed by atoms with van der Waals surface area (Å²) < 4.78 is 40.1. The lowest BCUT2D eigenvalue weighted by atomic mass is 10.1. The number of nitrogens with one attached hydrogen (secondary N) is 1. The highest BCUT2D eigenvalue weighted by molar-refractivity contribution is 7.89. The summed E-state index contributed by atoms with van der Waals surface area (Å²) in [6, 6.07) is 11.9. The highest BCUT2D eigenvalue weighted by Crippen LogP contribution is 2.12. The van der Waals surface area contributed by atoms with E-state index in [2.05, 4.69) is 11.6 Å². The van der Waals surface area contributed by atoms with Gasteiger partial charge in [0.15, 0.2) is 0 Å². The third-order valence-electron chi connectivity index (χ3n) is 4.22. The number of halogens is 1. The molecular weight excluding hydrogens is 367 g/mol. The first-order chi connectivity index (χ1) is 12.8. The number of unbranched alkanes of at least 4 members (excludes halogenated alkanes) is 1. The van der Waals surface area contributed by atoms with Crippen molar-refractivity contribution in [3.05, 3.63) is 65.5 Å². The molecule has 0 bridgehead atoms. The van der Waals surface area contributed by atoms with E-state index in [1.165, 1.54) is 36.4 Å². The second kappa shape index (κ2) is 9.62. The monoisotopic (exact) mass is 392 g/mol. The van der Waals surface area contributed by atoms with Crippen LogP contribution >= 0.6 is 0 Å². The lowest BCUT2D eigenvalue weighted by Gasteiger charge is -2.17. The Labute approximate surface area is 160 Å². The lowest BCUT2D eigenvalue weighted by molar-refractivity contribution is 0.0793. The van der Waals surface area contributed by atoms with Crippen LogP contribution < -0.4 is 4.72 Å². The molecule has 146 valence electrons. The molecule has 0 saturated carbocycles. The zero-order valence-electron chi connectivity index (χ0n) is 15.6. The SMILES string of the molecule is CCCCN(C)C(=O)c1ccc(S(=O)(=O)NCCc2ccc(F)cc2)cc1. The molecule has 0 atom stereocenters. The quantitative estimate of drug-likeness (QED) is 0.713. The van der Waals surface area contributed by atoms with Crippen molar-refractivity contribution >= 4 is 15.9 Å². The molecule has 0 fully saturated rings. The summed E-state index contributed by atoms with van der Waals surface area (Å²) in [5, 5.41) is 0. The first-order valence-electron chi connectivity index (χ1n) is 8.93. The molecule has 0 spiro atoms. The van der Waals surface area contributed by atoms with Crippen molar-refractivity contribution in [3.63, 3.8) is 0 Å². The average molecular weight is 392 g/mol. The van der Waals surface area contributed by atoms with Crippen molar-refractivity contribution in [2.75, 3.05) is 20.1 Å². The Morgan fingerprint density at radius 1 is 1.07 bits per heavy atom. The summed E-state index contributed by atoms with van der Waals surface area (Å²) in [7, 11) is -1.93. The number of rotatable bonds is 9. The summed E-state index contributed by atoms with van der Waals surface area (Å²) in [5.41, 5.74) is 1.30. The van der Waals surface area contributed by atoms with E-state index in [9.17, 15) is 17.6 Å². The molecule has 1 N–H and O–H groups in total. The van der Waals surface area contributed by atoms with Gasteiger partial charge >= 0.3 is 0 Å². The summed E-state index contributed by atoms with van der Waals surface area (Å²) >= 11 is 0. The Morgan fingerprint density at radius 3 is 2.30 bits per heavy atom. The van der Waals surface area contributed by atoms with Gasteiger partial charge < -0.3 is 4.90 Å². The van der Waals surface area contributed by atoms with Gasteiger partial charge in [0.05, 0.1) is 4.90 Å². The minimum atomic E-state index is -3.66. The van der Waals surface area contributed by atoms with E-state index in [-0.39, 0.29) is 23.2 Å². The third kappa shape index (κ3) is 6.15. The molecule has 2 aromatic rings. The molecule has 5 nitrogen and oxygen atoms in total. The first-order valence-corrected chi connectivity index (χ1v) is 10.4. The minimum Gasteiger partial charge on any atom is -0.342 e. The van der Waals surface area contributed by atoms with E-state index in [0.717, 1.165) is 18.4 Å². The maximum Gasteiger partial charge on any atom is 0.253 e. The fourth-order valence-electron chi connectivity index (χ4n) is 2.56. The molecule has 0 aliphatic rings. The van der Waals surface area contributed by atoms with E-state index in [4.69, 9.17) is 0 Å². The number of benzene rings is 2. The summed E-state index contributed by atoms with van der Waals surface area (Å²) in [4.78, 5) is 14.0. The van der Waals surface area contributed by atoms with Crippen LogP contribution in [-0.4, -0.2) is 39.4 Å². The molecule has 0 aromatic heterocycles. The maximum atomic E-state index is 12.9. The van der Waals surface area contributed by atoms with Gasteiger partial charge in [-0.05, 0) is 54.8 Å². The van der Waals surface area contributed by atoms with Crippen LogP contribution in [0.5, 0.6) is 0 Å². The van der Waals surface area contributed by atoms with Crippen LogP contribution in [0.1, 0.15) is 35.7 Å². The number of carbonyl (C=O) groups excluding carboxylic acids is 1. The molecule has 0 saturated heterocycles. The van der Waals surface area contributed by atoms with Gasteiger partial charge in [0.2, 0.25) is 10.0 Å². The highest BCUT2D eigenvalue weighted by atomic mass is 32.2. The van der Waals surface area contributed by atoms with Crippen molar-refractivity contribution in [1.29, 1.82) is 0 Å². The second-order valence-corrected chi connectivity index (χ2v) is 8.15. The lowest BCUT2D eigenvalue weighted by Crippen LogP contribution is -2.28. The van der Waals surface area contributed by atoms with Gasteiger partial charge in [-0.15, -0.1) is 0 Å². The van der Waals surface area contributed by atoms with Gasteiger partial charge in [-0.2, -0.15) is 0 Å². The van der Waals surface area contributed by atoms with Crippen LogP contribution in [0.3, 0.4) is 0 Å². The molecule has 2 aromatic carbocycles. The van der Waals surface area contributed by atoms with Gasteiger partial charge in [0.25, 0.3) is 5.91 Å². The molecule has 2 rings (SSSR count). The van der Waals surface area contributed by atoms with Gasteiger partial charge in [0, 0.05) is 25.7 Å². The smallest absolute Gasteiger partial charge is 0.253 e. The van der Waals surface area contributed by atoms with Crippen LogP contribution in [0.2, 0.25) is 0 Å². The molecule has 7 heteroatoms. The van der Waals surface area contributed by atoms with E-state index in [0.29, 0.717) is 18.5 Å². The van der Waals surface area contributed by atoms with E-state index in [1.54, 1.807) is 24.1 Å². The van der Waals surface area contributed by atoms with Gasteiger partial charge in [-0.25, -0.2) is 17.5 Å². The largest absolute Gasteiger partial charge is 0.342 e. The summed E-state index contributed by atoms with van der Waals surface area (Å²) in [6.45, 7) is 2.93. The van der Waals surface area contributed by atoms with Crippen molar-refractivity contribution in [1.82, 2.24) is 9.62 Å². The van der Waals surface area contributed by atoms with E-state index in [1.807, 2.05) is 0 Å². The maximum absolute atomic E-state index is 12.9. The average Bonchev–Trinajstić information content (AvgIpc) is 2.67. The Morgan fingerprint density at radius 2 is 1.70 bits per heavy atom. The Bertz CT molecular complexity index is 850.